The smallest absolute Gasteiger partial charge is 0.0991 e. The van der Waals surface area contributed by atoms with Gasteiger partial charge in [-0.1, -0.05) is 13.8 Å². The number of anilines is 1. The Bertz CT molecular complexity index is 373. The Balaban J connectivity index is 2.69. The van der Waals surface area contributed by atoms with Gasteiger partial charge < -0.3 is 10.2 Å². The first-order chi connectivity index (χ1) is 8.02. The zero-order valence-corrected chi connectivity index (χ0v) is 11.1. The van der Waals surface area contributed by atoms with E-state index in [1.165, 1.54) is 0 Å². The minimum absolute atomic E-state index is 0.415. The molecular weight excluding hydrogens is 210 g/mol. The van der Waals surface area contributed by atoms with Crippen molar-refractivity contribution < 1.29 is 0 Å². The van der Waals surface area contributed by atoms with Crippen molar-refractivity contribution in [2.45, 2.75) is 19.9 Å². The van der Waals surface area contributed by atoms with Gasteiger partial charge in [0, 0.05) is 18.3 Å². The van der Waals surface area contributed by atoms with E-state index in [1.807, 2.05) is 24.3 Å². The molecule has 0 aliphatic carbocycles. The molecule has 1 unspecified atom stereocenters. The van der Waals surface area contributed by atoms with Gasteiger partial charge in [-0.2, -0.15) is 5.26 Å². The number of rotatable bonds is 5. The van der Waals surface area contributed by atoms with Crippen molar-refractivity contribution in [1.29, 1.82) is 5.26 Å². The Labute approximate surface area is 104 Å². The summed E-state index contributed by atoms with van der Waals surface area (Å²) in [5, 5.41) is 12.3. The molecule has 92 valence electrons. The Morgan fingerprint density at radius 1 is 1.24 bits per heavy atom. The van der Waals surface area contributed by atoms with Crippen molar-refractivity contribution in [3.05, 3.63) is 29.8 Å². The van der Waals surface area contributed by atoms with E-state index in [0.717, 1.165) is 12.2 Å². The summed E-state index contributed by atoms with van der Waals surface area (Å²) < 4.78 is 0. The molecule has 3 nitrogen and oxygen atoms in total. The molecule has 1 N–H and O–H groups in total. The molecule has 0 saturated heterocycles. The number of nitriles is 1. The van der Waals surface area contributed by atoms with Crippen LogP contribution < -0.4 is 5.32 Å². The van der Waals surface area contributed by atoms with E-state index in [-0.39, 0.29) is 0 Å². The van der Waals surface area contributed by atoms with Gasteiger partial charge in [-0.05, 0) is 44.3 Å². The Morgan fingerprint density at radius 2 is 1.82 bits per heavy atom. The van der Waals surface area contributed by atoms with Crippen molar-refractivity contribution in [2.24, 2.45) is 5.92 Å². The highest BCUT2D eigenvalue weighted by Gasteiger charge is 2.13. The lowest BCUT2D eigenvalue weighted by Crippen LogP contribution is -2.36. The summed E-state index contributed by atoms with van der Waals surface area (Å²) in [6, 6.07) is 10.2. The van der Waals surface area contributed by atoms with Gasteiger partial charge in [-0.15, -0.1) is 0 Å². The second kappa shape index (κ2) is 6.27. The van der Waals surface area contributed by atoms with Gasteiger partial charge in [0.05, 0.1) is 11.6 Å². The number of nitrogens with one attached hydrogen (secondary N) is 1. The third-order valence-electron chi connectivity index (χ3n) is 2.73. The van der Waals surface area contributed by atoms with Crippen LogP contribution >= 0.6 is 0 Å². The SMILES string of the molecule is CC(C)C(CN(C)C)Nc1ccc(C#N)cc1. The Kier molecular flexibility index (Phi) is 4.99. The monoisotopic (exact) mass is 231 g/mol. The fourth-order valence-electron chi connectivity index (χ4n) is 1.67. The zero-order valence-electron chi connectivity index (χ0n) is 11.1. The van der Waals surface area contributed by atoms with Crippen LogP contribution in [0.2, 0.25) is 0 Å². The van der Waals surface area contributed by atoms with Crippen LogP contribution in [-0.4, -0.2) is 31.6 Å². The fourth-order valence-corrected chi connectivity index (χ4v) is 1.67. The predicted molar refractivity (Wildman–Crippen MR) is 72.0 cm³/mol. The van der Waals surface area contributed by atoms with E-state index < -0.39 is 0 Å². The summed E-state index contributed by atoms with van der Waals surface area (Å²) in [5.41, 5.74) is 1.77. The molecule has 3 heteroatoms. The van der Waals surface area contributed by atoms with Crippen LogP contribution in [0.4, 0.5) is 5.69 Å². The van der Waals surface area contributed by atoms with Gasteiger partial charge >= 0.3 is 0 Å². The van der Waals surface area contributed by atoms with Gasteiger partial charge in [-0.3, -0.25) is 0 Å². The summed E-state index contributed by atoms with van der Waals surface area (Å²) in [6.07, 6.45) is 0. The lowest BCUT2D eigenvalue weighted by atomic mass is 10.0. The summed E-state index contributed by atoms with van der Waals surface area (Å²) in [5.74, 6) is 0.563. The first kappa shape index (κ1) is 13.5. The molecule has 1 atom stereocenters. The highest BCUT2D eigenvalue weighted by molar-refractivity contribution is 5.47. The number of likely N-dealkylation sites (N-methyl/N-ethyl adjacent to an activating group) is 1. The molecule has 1 rings (SSSR count). The van der Waals surface area contributed by atoms with Crippen molar-refractivity contribution in [2.75, 3.05) is 26.0 Å². The standard InChI is InChI=1S/C14H21N3/c1-11(2)14(10-17(3)4)16-13-7-5-12(9-15)6-8-13/h5-8,11,14,16H,10H2,1-4H3. The largest absolute Gasteiger partial charge is 0.381 e. The maximum atomic E-state index is 8.74. The van der Waals surface area contributed by atoms with Crippen LogP contribution in [0.15, 0.2) is 24.3 Å². The average Bonchev–Trinajstić information content (AvgIpc) is 2.28. The predicted octanol–water partition coefficient (Wildman–Crippen LogP) is 2.56. The lowest BCUT2D eigenvalue weighted by molar-refractivity contribution is 0.344. The minimum Gasteiger partial charge on any atom is -0.381 e. The van der Waals surface area contributed by atoms with Gasteiger partial charge in [0.25, 0.3) is 0 Å². The van der Waals surface area contributed by atoms with Crippen molar-refractivity contribution in [1.82, 2.24) is 4.90 Å². The second-order valence-corrected chi connectivity index (χ2v) is 4.95. The summed E-state index contributed by atoms with van der Waals surface area (Å²) in [4.78, 5) is 2.18. The Morgan fingerprint density at radius 3 is 2.24 bits per heavy atom. The van der Waals surface area contributed by atoms with E-state index in [4.69, 9.17) is 5.26 Å². The van der Waals surface area contributed by atoms with Crippen molar-refractivity contribution >= 4 is 5.69 Å². The first-order valence-corrected chi connectivity index (χ1v) is 5.94. The van der Waals surface area contributed by atoms with E-state index in [1.54, 1.807) is 0 Å². The highest BCUT2D eigenvalue weighted by Crippen LogP contribution is 2.14. The molecular formula is C14H21N3. The average molecular weight is 231 g/mol. The number of nitrogens with zero attached hydrogens (tertiary/aromatic N) is 2. The van der Waals surface area contributed by atoms with Crippen LogP contribution in [0.3, 0.4) is 0 Å². The van der Waals surface area contributed by atoms with Crippen molar-refractivity contribution in [3.63, 3.8) is 0 Å². The van der Waals surface area contributed by atoms with E-state index in [0.29, 0.717) is 17.5 Å². The maximum Gasteiger partial charge on any atom is 0.0991 e. The van der Waals surface area contributed by atoms with Crippen LogP contribution in [0.1, 0.15) is 19.4 Å². The molecule has 0 bridgehead atoms. The Hall–Kier alpha value is -1.53. The molecule has 0 radical (unpaired) electrons. The van der Waals surface area contributed by atoms with Crippen LogP contribution in [-0.2, 0) is 0 Å². The maximum absolute atomic E-state index is 8.74. The lowest BCUT2D eigenvalue weighted by Gasteiger charge is -2.26. The number of benzene rings is 1. The molecule has 1 aromatic rings. The summed E-state index contributed by atoms with van der Waals surface area (Å²) in [7, 11) is 4.16. The molecule has 0 aliphatic heterocycles. The van der Waals surface area contributed by atoms with Crippen molar-refractivity contribution in [3.8, 4) is 6.07 Å². The third kappa shape index (κ3) is 4.46. The first-order valence-electron chi connectivity index (χ1n) is 5.94. The van der Waals surface area contributed by atoms with E-state index in [2.05, 4.69) is 44.2 Å². The van der Waals surface area contributed by atoms with Gasteiger partial charge in [0.15, 0.2) is 0 Å². The molecule has 1 aromatic carbocycles. The van der Waals surface area contributed by atoms with Crippen LogP contribution in [0.5, 0.6) is 0 Å². The fraction of sp³-hybridized carbons (Fsp3) is 0.500. The number of hydrogen-bond donors (Lipinski definition) is 1. The van der Waals surface area contributed by atoms with Crippen LogP contribution in [0, 0.1) is 17.2 Å². The van der Waals surface area contributed by atoms with Crippen LogP contribution in [0.25, 0.3) is 0 Å². The summed E-state index contributed by atoms with van der Waals surface area (Å²) in [6.45, 7) is 5.42. The molecule has 0 amide bonds. The minimum atomic E-state index is 0.415. The van der Waals surface area contributed by atoms with Gasteiger partial charge in [0.2, 0.25) is 0 Å². The van der Waals surface area contributed by atoms with Gasteiger partial charge in [-0.25, -0.2) is 0 Å². The molecule has 0 aliphatic rings. The quantitative estimate of drug-likeness (QED) is 0.846. The van der Waals surface area contributed by atoms with Gasteiger partial charge in [0.1, 0.15) is 0 Å². The molecule has 17 heavy (non-hydrogen) atoms. The van der Waals surface area contributed by atoms with E-state index in [9.17, 15) is 0 Å². The third-order valence-corrected chi connectivity index (χ3v) is 2.73. The molecule has 0 heterocycles. The topological polar surface area (TPSA) is 39.1 Å². The molecule has 0 aromatic heterocycles. The molecule has 0 saturated carbocycles. The normalized spacial score (nSPS) is 12.5. The highest BCUT2D eigenvalue weighted by atomic mass is 15.1. The molecule has 0 spiro atoms. The van der Waals surface area contributed by atoms with E-state index >= 15 is 0 Å². The molecule has 0 fully saturated rings. The second-order valence-electron chi connectivity index (χ2n) is 4.95. The summed E-state index contributed by atoms with van der Waals surface area (Å²) >= 11 is 0. The number of hydrogen-bond acceptors (Lipinski definition) is 3. The zero-order chi connectivity index (χ0) is 12.8.